The van der Waals surface area contributed by atoms with Gasteiger partial charge in [0, 0.05) is 21.4 Å². The first-order valence-electron chi connectivity index (χ1n) is 8.49. The molecule has 6 nitrogen and oxygen atoms in total. The molecule has 3 aromatic carbocycles. The van der Waals surface area contributed by atoms with Crippen molar-refractivity contribution in [3.05, 3.63) is 81.8 Å². The number of halogens is 3. The minimum atomic E-state index is -3.86. The summed E-state index contributed by atoms with van der Waals surface area (Å²) in [7, 11) is -3.86. The number of hydrogen-bond donors (Lipinski definition) is 2. The number of carbonyl (C=O) groups is 1. The molecule has 0 aliphatic heterocycles. The molecular weight excluding hydrogens is 471 g/mol. The van der Waals surface area contributed by atoms with Gasteiger partial charge in [0.05, 0.1) is 9.92 Å². The minimum absolute atomic E-state index is 0.0493. The highest BCUT2D eigenvalue weighted by atomic mass is 35.5. The fraction of sp³-hybridized carbons (Fsp3) is 0.0500. The van der Waals surface area contributed by atoms with Crippen molar-refractivity contribution < 1.29 is 17.9 Å². The number of amides is 1. The van der Waals surface area contributed by atoms with Crippen LogP contribution >= 0.6 is 34.8 Å². The smallest absolute Gasteiger partial charge is 0.262 e. The lowest BCUT2D eigenvalue weighted by atomic mass is 10.3. The third-order valence-corrected chi connectivity index (χ3v) is 5.98. The SMILES string of the molecule is O=C(COc1ccc(S(=O)(=O)Nc2ccc(Cl)cc2)cc1Cl)Nc1ccc(Cl)cc1. The van der Waals surface area contributed by atoms with Crippen LogP contribution in [0.3, 0.4) is 0 Å². The van der Waals surface area contributed by atoms with Crippen LogP contribution in [0.2, 0.25) is 15.1 Å². The second kappa shape index (κ2) is 9.57. The summed E-state index contributed by atoms with van der Waals surface area (Å²) < 4.78 is 32.9. The summed E-state index contributed by atoms with van der Waals surface area (Å²) in [5.74, 6) is -0.233. The van der Waals surface area contributed by atoms with Gasteiger partial charge in [-0.25, -0.2) is 8.42 Å². The fourth-order valence-electron chi connectivity index (χ4n) is 2.37. The van der Waals surface area contributed by atoms with E-state index in [0.717, 1.165) is 0 Å². The minimum Gasteiger partial charge on any atom is -0.482 e. The van der Waals surface area contributed by atoms with Gasteiger partial charge < -0.3 is 10.1 Å². The van der Waals surface area contributed by atoms with Crippen molar-refractivity contribution in [2.45, 2.75) is 4.90 Å². The summed E-state index contributed by atoms with van der Waals surface area (Å²) in [5, 5.41) is 3.74. The lowest BCUT2D eigenvalue weighted by Crippen LogP contribution is -2.20. The van der Waals surface area contributed by atoms with Gasteiger partial charge >= 0.3 is 0 Å². The van der Waals surface area contributed by atoms with Crippen LogP contribution in [-0.4, -0.2) is 20.9 Å². The average Bonchev–Trinajstić information content (AvgIpc) is 2.70. The Balaban J connectivity index is 1.63. The van der Waals surface area contributed by atoms with E-state index < -0.39 is 15.9 Å². The van der Waals surface area contributed by atoms with Crippen LogP contribution in [0.5, 0.6) is 5.75 Å². The Morgan fingerprint density at radius 1 is 0.833 bits per heavy atom. The third kappa shape index (κ3) is 6.03. The molecule has 0 aliphatic carbocycles. The van der Waals surface area contributed by atoms with Gasteiger partial charge in [-0.05, 0) is 66.7 Å². The molecule has 0 fully saturated rings. The van der Waals surface area contributed by atoms with E-state index in [1.807, 2.05) is 0 Å². The molecule has 1 amide bonds. The van der Waals surface area contributed by atoms with E-state index in [0.29, 0.717) is 21.4 Å². The van der Waals surface area contributed by atoms with E-state index in [4.69, 9.17) is 39.5 Å². The number of sulfonamides is 1. The van der Waals surface area contributed by atoms with Crippen LogP contribution < -0.4 is 14.8 Å². The standard InChI is InChI=1S/C20H15Cl3N2O4S/c21-13-1-5-15(6-2-13)24-20(26)12-29-19-10-9-17(11-18(19)23)30(27,28)25-16-7-3-14(22)4-8-16/h1-11,25H,12H2,(H,24,26). The zero-order chi connectivity index (χ0) is 21.7. The van der Waals surface area contributed by atoms with E-state index in [-0.39, 0.29) is 22.3 Å². The Morgan fingerprint density at radius 2 is 1.40 bits per heavy atom. The average molecular weight is 486 g/mol. The van der Waals surface area contributed by atoms with E-state index in [2.05, 4.69) is 10.0 Å². The quantitative estimate of drug-likeness (QED) is 0.465. The van der Waals surface area contributed by atoms with Crippen molar-refractivity contribution in [2.75, 3.05) is 16.6 Å². The third-order valence-electron chi connectivity index (χ3n) is 3.80. The fourth-order valence-corrected chi connectivity index (χ4v) is 4.01. The van der Waals surface area contributed by atoms with Crippen LogP contribution in [0.1, 0.15) is 0 Å². The maximum absolute atomic E-state index is 12.5. The molecule has 0 aromatic heterocycles. The van der Waals surface area contributed by atoms with Crippen molar-refractivity contribution in [3.63, 3.8) is 0 Å². The molecule has 0 bridgehead atoms. The van der Waals surface area contributed by atoms with Crippen molar-refractivity contribution in [3.8, 4) is 5.75 Å². The van der Waals surface area contributed by atoms with Crippen LogP contribution in [0.4, 0.5) is 11.4 Å². The Kier molecular flexibility index (Phi) is 7.10. The number of carbonyl (C=O) groups excluding carboxylic acids is 1. The van der Waals surface area contributed by atoms with Crippen molar-refractivity contribution in [1.29, 1.82) is 0 Å². The first kappa shape index (κ1) is 22.2. The molecule has 3 rings (SSSR count). The monoisotopic (exact) mass is 484 g/mol. The van der Waals surface area contributed by atoms with Crippen LogP contribution in [-0.2, 0) is 14.8 Å². The predicted molar refractivity (Wildman–Crippen MR) is 119 cm³/mol. The highest BCUT2D eigenvalue weighted by molar-refractivity contribution is 7.92. The van der Waals surface area contributed by atoms with Gasteiger partial charge in [-0.15, -0.1) is 0 Å². The van der Waals surface area contributed by atoms with E-state index in [9.17, 15) is 13.2 Å². The molecule has 156 valence electrons. The first-order valence-corrected chi connectivity index (χ1v) is 11.1. The summed E-state index contributed by atoms with van der Waals surface area (Å²) in [6, 6.07) is 16.8. The number of anilines is 2. The van der Waals surface area contributed by atoms with Gasteiger partial charge in [0.2, 0.25) is 0 Å². The Morgan fingerprint density at radius 3 is 1.97 bits per heavy atom. The molecule has 0 saturated heterocycles. The summed E-state index contributed by atoms with van der Waals surface area (Å²) >= 11 is 17.7. The highest BCUT2D eigenvalue weighted by Gasteiger charge is 2.17. The molecular formula is C20H15Cl3N2O4S. The number of hydrogen-bond acceptors (Lipinski definition) is 4. The molecule has 2 N–H and O–H groups in total. The van der Waals surface area contributed by atoms with Gasteiger partial charge in [-0.1, -0.05) is 34.8 Å². The second-order valence-corrected chi connectivity index (χ2v) is 9.01. The lowest BCUT2D eigenvalue weighted by molar-refractivity contribution is -0.118. The zero-order valence-corrected chi connectivity index (χ0v) is 18.3. The summed E-state index contributed by atoms with van der Waals surface area (Å²) in [5.41, 5.74) is 0.920. The predicted octanol–water partition coefficient (Wildman–Crippen LogP) is 5.47. The van der Waals surface area contributed by atoms with Crippen LogP contribution in [0.25, 0.3) is 0 Å². The van der Waals surface area contributed by atoms with Crippen LogP contribution in [0.15, 0.2) is 71.6 Å². The van der Waals surface area contributed by atoms with E-state index in [1.54, 1.807) is 36.4 Å². The van der Waals surface area contributed by atoms with Gasteiger partial charge in [0.25, 0.3) is 15.9 Å². The molecule has 30 heavy (non-hydrogen) atoms. The summed E-state index contributed by atoms with van der Waals surface area (Å²) in [4.78, 5) is 12.0. The molecule has 0 spiro atoms. The molecule has 0 aliphatic rings. The molecule has 10 heteroatoms. The second-order valence-electron chi connectivity index (χ2n) is 6.05. The van der Waals surface area contributed by atoms with E-state index in [1.165, 1.54) is 30.3 Å². The number of benzene rings is 3. The molecule has 0 unspecified atom stereocenters. The van der Waals surface area contributed by atoms with Crippen molar-refractivity contribution in [1.82, 2.24) is 0 Å². The highest BCUT2D eigenvalue weighted by Crippen LogP contribution is 2.28. The molecule has 0 atom stereocenters. The van der Waals surface area contributed by atoms with Crippen molar-refractivity contribution >= 4 is 62.1 Å². The van der Waals surface area contributed by atoms with Gasteiger partial charge in [-0.2, -0.15) is 0 Å². The number of ether oxygens (including phenoxy) is 1. The molecule has 3 aromatic rings. The maximum atomic E-state index is 12.5. The molecule has 0 saturated carbocycles. The normalized spacial score (nSPS) is 11.0. The largest absolute Gasteiger partial charge is 0.482 e. The Labute approximate surface area is 188 Å². The lowest BCUT2D eigenvalue weighted by Gasteiger charge is -2.12. The van der Waals surface area contributed by atoms with E-state index >= 15 is 0 Å². The van der Waals surface area contributed by atoms with Gasteiger partial charge in [0.15, 0.2) is 6.61 Å². The topological polar surface area (TPSA) is 84.5 Å². The van der Waals surface area contributed by atoms with Gasteiger partial charge in [-0.3, -0.25) is 9.52 Å². The van der Waals surface area contributed by atoms with Gasteiger partial charge in [0.1, 0.15) is 5.75 Å². The summed E-state index contributed by atoms with van der Waals surface area (Å²) in [6.45, 7) is -0.308. The first-order chi connectivity index (χ1) is 14.2. The zero-order valence-electron chi connectivity index (χ0n) is 15.2. The Hall–Kier alpha value is -2.45. The molecule has 0 heterocycles. The maximum Gasteiger partial charge on any atom is 0.262 e. The van der Waals surface area contributed by atoms with Crippen molar-refractivity contribution in [2.24, 2.45) is 0 Å². The van der Waals surface area contributed by atoms with Crippen LogP contribution in [0, 0.1) is 0 Å². The number of rotatable bonds is 7. The molecule has 0 radical (unpaired) electrons. The Bertz CT molecular complexity index is 1150. The number of nitrogens with one attached hydrogen (secondary N) is 2. The summed E-state index contributed by atoms with van der Waals surface area (Å²) in [6.07, 6.45) is 0.